The van der Waals surface area contributed by atoms with Gasteiger partial charge < -0.3 is 5.73 Å². The van der Waals surface area contributed by atoms with E-state index in [1.54, 1.807) is 38.4 Å². The molecule has 112 valence electrons. The van der Waals surface area contributed by atoms with Crippen LogP contribution in [-0.4, -0.2) is 23.6 Å². The molecule has 1 atom stereocenters. The summed E-state index contributed by atoms with van der Waals surface area (Å²) in [6, 6.07) is 4.48. The second-order valence-electron chi connectivity index (χ2n) is 4.72. The zero-order chi connectivity index (χ0) is 15.6. The average molecular weight is 324 g/mol. The maximum atomic E-state index is 12.5. The van der Waals surface area contributed by atoms with Crippen LogP contribution >= 0.6 is 12.2 Å². The van der Waals surface area contributed by atoms with Crippen molar-refractivity contribution in [3.8, 4) is 0 Å². The number of aromatic amines is 1. The van der Waals surface area contributed by atoms with E-state index in [-0.39, 0.29) is 9.88 Å². The Bertz CT molecular complexity index is 754. The van der Waals surface area contributed by atoms with Crippen LogP contribution in [0.1, 0.15) is 29.7 Å². The quantitative estimate of drug-likeness (QED) is 0.722. The van der Waals surface area contributed by atoms with E-state index in [2.05, 4.69) is 14.9 Å². The van der Waals surface area contributed by atoms with Crippen LogP contribution in [0.3, 0.4) is 0 Å². The van der Waals surface area contributed by atoms with Crippen LogP contribution in [0.5, 0.6) is 0 Å². The van der Waals surface area contributed by atoms with Crippen molar-refractivity contribution in [2.75, 3.05) is 0 Å². The molecule has 1 aromatic carbocycles. The molecule has 0 saturated heterocycles. The number of nitrogens with zero attached hydrogens (tertiary/aromatic N) is 1. The molecular formula is C13H16N4O2S2. The molecule has 2 aromatic rings. The van der Waals surface area contributed by atoms with E-state index < -0.39 is 16.1 Å². The maximum absolute atomic E-state index is 12.5. The summed E-state index contributed by atoms with van der Waals surface area (Å²) < 4.78 is 27.6. The Morgan fingerprint density at radius 2 is 2.19 bits per heavy atom. The van der Waals surface area contributed by atoms with Crippen molar-refractivity contribution in [2.45, 2.75) is 24.8 Å². The number of nitrogens with one attached hydrogen (secondary N) is 2. The number of thiocarbonyl (C=S) groups is 1. The van der Waals surface area contributed by atoms with Gasteiger partial charge in [0, 0.05) is 23.4 Å². The molecule has 6 nitrogen and oxygen atoms in total. The summed E-state index contributed by atoms with van der Waals surface area (Å²) in [5, 5.41) is 6.46. The van der Waals surface area contributed by atoms with Crippen LogP contribution in [0.15, 0.2) is 35.5 Å². The second kappa shape index (κ2) is 5.92. The molecule has 0 saturated carbocycles. The first-order chi connectivity index (χ1) is 9.81. The highest BCUT2D eigenvalue weighted by Crippen LogP contribution is 2.20. The van der Waals surface area contributed by atoms with Crippen LogP contribution in [0.4, 0.5) is 0 Å². The van der Waals surface area contributed by atoms with Gasteiger partial charge in [0.2, 0.25) is 10.0 Å². The summed E-state index contributed by atoms with van der Waals surface area (Å²) in [5.41, 5.74) is 7.46. The number of rotatable bonds is 5. The van der Waals surface area contributed by atoms with E-state index in [0.717, 1.165) is 5.56 Å². The maximum Gasteiger partial charge on any atom is 0.241 e. The lowest BCUT2D eigenvalue weighted by Crippen LogP contribution is -2.27. The number of aryl methyl sites for hydroxylation is 1. The number of H-pyrrole nitrogens is 1. The third kappa shape index (κ3) is 3.46. The number of benzene rings is 1. The highest BCUT2D eigenvalue weighted by Gasteiger charge is 2.21. The lowest BCUT2D eigenvalue weighted by molar-refractivity contribution is 0.566. The normalized spacial score (nSPS) is 13.0. The summed E-state index contributed by atoms with van der Waals surface area (Å²) in [5.74, 6) is 0. The molecule has 0 aliphatic rings. The number of hydrogen-bond acceptors (Lipinski definition) is 4. The largest absolute Gasteiger partial charge is 0.389 e. The third-order valence-corrected chi connectivity index (χ3v) is 5.03. The Hall–Kier alpha value is -1.77. The lowest BCUT2D eigenvalue weighted by atomic mass is 10.1. The van der Waals surface area contributed by atoms with Crippen molar-refractivity contribution >= 4 is 27.2 Å². The van der Waals surface area contributed by atoms with Crippen molar-refractivity contribution in [1.29, 1.82) is 0 Å². The average Bonchev–Trinajstić information content (AvgIpc) is 2.92. The SMILES string of the molecule is Cc1ccc(C(N)=S)cc1S(=O)(=O)NC(C)c1cn[nH]c1. The fraction of sp³-hybridized carbons (Fsp3) is 0.231. The summed E-state index contributed by atoms with van der Waals surface area (Å²) in [6.07, 6.45) is 3.22. The molecule has 0 aliphatic carbocycles. The van der Waals surface area contributed by atoms with E-state index in [1.165, 1.54) is 6.07 Å². The zero-order valence-corrected chi connectivity index (χ0v) is 13.3. The molecular weight excluding hydrogens is 308 g/mol. The van der Waals surface area contributed by atoms with Crippen LogP contribution in [-0.2, 0) is 10.0 Å². The predicted octanol–water partition coefficient (Wildman–Crippen LogP) is 1.39. The fourth-order valence-corrected chi connectivity index (χ4v) is 3.53. The molecule has 0 fully saturated rings. The van der Waals surface area contributed by atoms with Crippen LogP contribution in [0.25, 0.3) is 0 Å². The smallest absolute Gasteiger partial charge is 0.241 e. The number of hydrogen-bond donors (Lipinski definition) is 3. The zero-order valence-electron chi connectivity index (χ0n) is 11.6. The lowest BCUT2D eigenvalue weighted by Gasteiger charge is -2.15. The van der Waals surface area contributed by atoms with Crippen LogP contribution in [0.2, 0.25) is 0 Å². The van der Waals surface area contributed by atoms with E-state index in [0.29, 0.717) is 11.1 Å². The van der Waals surface area contributed by atoms with Crippen molar-refractivity contribution in [3.05, 3.63) is 47.3 Å². The van der Waals surface area contributed by atoms with Crippen molar-refractivity contribution in [2.24, 2.45) is 5.73 Å². The molecule has 21 heavy (non-hydrogen) atoms. The van der Waals surface area contributed by atoms with Gasteiger partial charge in [-0.3, -0.25) is 5.10 Å². The number of aromatic nitrogens is 2. The Morgan fingerprint density at radius 3 is 2.76 bits per heavy atom. The monoisotopic (exact) mass is 324 g/mol. The first-order valence-corrected chi connectivity index (χ1v) is 8.12. The summed E-state index contributed by atoms with van der Waals surface area (Å²) in [6.45, 7) is 3.47. The van der Waals surface area contributed by atoms with E-state index in [9.17, 15) is 8.42 Å². The highest BCUT2D eigenvalue weighted by molar-refractivity contribution is 7.89. The minimum atomic E-state index is -3.68. The minimum Gasteiger partial charge on any atom is -0.389 e. The van der Waals surface area contributed by atoms with Gasteiger partial charge in [0.1, 0.15) is 4.99 Å². The molecule has 0 amide bonds. The third-order valence-electron chi connectivity index (χ3n) is 3.11. The summed E-state index contributed by atoms with van der Waals surface area (Å²) in [7, 11) is -3.68. The first-order valence-electron chi connectivity index (χ1n) is 6.22. The van der Waals surface area contributed by atoms with Gasteiger partial charge in [-0.15, -0.1) is 0 Å². The predicted molar refractivity (Wildman–Crippen MR) is 84.4 cm³/mol. The molecule has 1 aromatic heterocycles. The van der Waals surface area contributed by atoms with Crippen molar-refractivity contribution in [3.63, 3.8) is 0 Å². The van der Waals surface area contributed by atoms with Crippen molar-refractivity contribution < 1.29 is 8.42 Å². The molecule has 1 unspecified atom stereocenters. The Labute approximate surface area is 128 Å². The molecule has 0 aliphatic heterocycles. The molecule has 8 heteroatoms. The molecule has 2 rings (SSSR count). The summed E-state index contributed by atoms with van der Waals surface area (Å²) >= 11 is 4.89. The molecule has 0 radical (unpaired) electrons. The summed E-state index contributed by atoms with van der Waals surface area (Å²) in [4.78, 5) is 0.331. The first kappa shape index (κ1) is 15.6. The molecule has 0 bridgehead atoms. The fourth-order valence-electron chi connectivity index (χ4n) is 1.90. The van der Waals surface area contributed by atoms with Gasteiger partial charge in [-0.1, -0.05) is 24.4 Å². The standard InChI is InChI=1S/C13H16N4O2S2/c1-8-3-4-10(13(14)20)5-12(8)21(18,19)17-9(2)11-6-15-16-7-11/h3-7,9,17H,1-2H3,(H2,14,20)(H,15,16). The topological polar surface area (TPSA) is 101 Å². The Morgan fingerprint density at radius 1 is 1.48 bits per heavy atom. The Kier molecular flexibility index (Phi) is 4.40. The second-order valence-corrected chi connectivity index (χ2v) is 6.84. The highest BCUT2D eigenvalue weighted by atomic mass is 32.2. The molecule has 4 N–H and O–H groups in total. The molecule has 0 spiro atoms. The molecule has 1 heterocycles. The van der Waals surface area contributed by atoms with Gasteiger partial charge >= 0.3 is 0 Å². The van der Waals surface area contributed by atoms with Gasteiger partial charge in [-0.2, -0.15) is 5.10 Å². The van der Waals surface area contributed by atoms with Gasteiger partial charge in [0.25, 0.3) is 0 Å². The van der Waals surface area contributed by atoms with E-state index in [4.69, 9.17) is 18.0 Å². The van der Waals surface area contributed by atoms with Crippen molar-refractivity contribution in [1.82, 2.24) is 14.9 Å². The van der Waals surface area contributed by atoms with Crippen LogP contribution < -0.4 is 10.5 Å². The van der Waals surface area contributed by atoms with Gasteiger partial charge in [0.15, 0.2) is 0 Å². The minimum absolute atomic E-state index is 0.161. The van der Waals surface area contributed by atoms with E-state index >= 15 is 0 Å². The van der Waals surface area contributed by atoms with Gasteiger partial charge in [0.05, 0.1) is 11.1 Å². The van der Waals surface area contributed by atoms with E-state index in [1.807, 2.05) is 0 Å². The van der Waals surface area contributed by atoms with Gasteiger partial charge in [-0.05, 0) is 25.5 Å². The number of nitrogens with two attached hydrogens (primary N) is 1. The van der Waals surface area contributed by atoms with Crippen LogP contribution in [0, 0.1) is 6.92 Å². The Balaban J connectivity index is 2.35. The number of sulfonamides is 1. The van der Waals surface area contributed by atoms with Gasteiger partial charge in [-0.25, -0.2) is 13.1 Å².